The fourth-order valence-corrected chi connectivity index (χ4v) is 2.63. The van der Waals surface area contributed by atoms with Crippen molar-refractivity contribution < 1.29 is 14.2 Å². The summed E-state index contributed by atoms with van der Waals surface area (Å²) in [5.41, 5.74) is 3.22. The highest BCUT2D eigenvalue weighted by molar-refractivity contribution is 5.40. The molecule has 1 aliphatic carbocycles. The molecule has 0 aromatic heterocycles. The molecule has 3 heteroatoms. The fourth-order valence-electron chi connectivity index (χ4n) is 2.63. The van der Waals surface area contributed by atoms with Crippen molar-refractivity contribution in [3.63, 3.8) is 0 Å². The number of fused-ring (bicyclic) bond motifs is 1. The normalized spacial score (nSPS) is 13.9. The summed E-state index contributed by atoms with van der Waals surface area (Å²) in [5.74, 6) is 0.411. The molecule has 0 bridgehead atoms. The maximum atomic E-state index is 13.8. The van der Waals surface area contributed by atoms with Crippen molar-refractivity contribution in [3.8, 4) is 11.5 Å². The molecular weight excluding hydrogens is 255 g/mol. The summed E-state index contributed by atoms with van der Waals surface area (Å²) in [6, 6.07) is 10.5. The molecule has 0 saturated heterocycles. The maximum absolute atomic E-state index is 13.8. The molecular formula is C17H17FO2. The van der Waals surface area contributed by atoms with Gasteiger partial charge in [0.05, 0.1) is 6.61 Å². The number of ether oxygens (including phenoxy) is 1. The third kappa shape index (κ3) is 2.68. The Balaban J connectivity index is 1.84. The maximum Gasteiger partial charge on any atom is 0.166 e. The third-order valence-corrected chi connectivity index (χ3v) is 3.73. The molecule has 0 atom stereocenters. The van der Waals surface area contributed by atoms with E-state index < -0.39 is 5.82 Å². The molecule has 0 fully saturated rings. The van der Waals surface area contributed by atoms with Crippen LogP contribution in [0, 0.1) is 5.82 Å². The highest BCUT2D eigenvalue weighted by Crippen LogP contribution is 2.29. The quantitative estimate of drug-likeness (QED) is 0.915. The summed E-state index contributed by atoms with van der Waals surface area (Å²) in [7, 11) is 0. The van der Waals surface area contributed by atoms with E-state index in [0.717, 1.165) is 12.8 Å². The molecule has 2 nitrogen and oxygen atoms in total. The Kier molecular flexibility index (Phi) is 3.70. The molecule has 0 heterocycles. The van der Waals surface area contributed by atoms with Crippen molar-refractivity contribution in [2.45, 2.75) is 32.3 Å². The molecule has 2 aromatic rings. The van der Waals surface area contributed by atoms with E-state index in [1.807, 2.05) is 12.1 Å². The molecule has 1 N–H and O–H groups in total. The summed E-state index contributed by atoms with van der Waals surface area (Å²) in [4.78, 5) is 0. The van der Waals surface area contributed by atoms with Crippen LogP contribution in [0.2, 0.25) is 0 Å². The van der Waals surface area contributed by atoms with E-state index in [2.05, 4.69) is 6.07 Å². The molecule has 0 aliphatic heterocycles. The van der Waals surface area contributed by atoms with Gasteiger partial charge in [-0.2, -0.15) is 0 Å². The van der Waals surface area contributed by atoms with Crippen molar-refractivity contribution in [1.82, 2.24) is 0 Å². The van der Waals surface area contributed by atoms with Gasteiger partial charge >= 0.3 is 0 Å². The zero-order chi connectivity index (χ0) is 13.9. The fraction of sp³-hybridized carbons (Fsp3) is 0.294. The first-order valence-electron chi connectivity index (χ1n) is 6.95. The van der Waals surface area contributed by atoms with E-state index >= 15 is 0 Å². The van der Waals surface area contributed by atoms with E-state index in [4.69, 9.17) is 9.84 Å². The second kappa shape index (κ2) is 5.63. The Morgan fingerprint density at radius 1 is 1.00 bits per heavy atom. The van der Waals surface area contributed by atoms with Crippen LogP contribution in [0.1, 0.15) is 29.5 Å². The number of halogens is 1. The predicted octanol–water partition coefficient (Wildman–Crippen LogP) is 3.99. The van der Waals surface area contributed by atoms with E-state index in [1.165, 1.54) is 30.0 Å². The van der Waals surface area contributed by atoms with E-state index in [1.54, 1.807) is 12.1 Å². The number of benzene rings is 2. The van der Waals surface area contributed by atoms with E-state index in [9.17, 15) is 4.39 Å². The lowest BCUT2D eigenvalue weighted by atomic mass is 9.92. The highest BCUT2D eigenvalue weighted by atomic mass is 19.1. The number of aliphatic hydroxyl groups excluding tert-OH is 1. The summed E-state index contributed by atoms with van der Waals surface area (Å²) < 4.78 is 19.4. The van der Waals surface area contributed by atoms with Gasteiger partial charge in [0, 0.05) is 0 Å². The minimum atomic E-state index is -0.450. The largest absolute Gasteiger partial charge is 0.454 e. The summed E-state index contributed by atoms with van der Waals surface area (Å²) in [5, 5.41) is 8.97. The molecule has 1 aliphatic rings. The van der Waals surface area contributed by atoms with Gasteiger partial charge in [0.15, 0.2) is 11.6 Å². The minimum Gasteiger partial charge on any atom is -0.454 e. The SMILES string of the molecule is OCc1ccc(Oc2ccc3c(c2)CCCC3)c(F)c1. The Hall–Kier alpha value is -1.87. The predicted molar refractivity (Wildman–Crippen MR) is 75.5 cm³/mol. The minimum absolute atomic E-state index is 0.171. The summed E-state index contributed by atoms with van der Waals surface area (Å²) in [6.45, 7) is -0.171. The lowest BCUT2D eigenvalue weighted by molar-refractivity contribution is 0.281. The number of aryl methyl sites for hydroxylation is 2. The molecule has 3 rings (SSSR count). The molecule has 0 unspecified atom stereocenters. The van der Waals surface area contributed by atoms with Gasteiger partial charge in [-0.1, -0.05) is 12.1 Å². The number of rotatable bonds is 3. The van der Waals surface area contributed by atoms with Crippen molar-refractivity contribution in [2.24, 2.45) is 0 Å². The molecule has 0 saturated carbocycles. The third-order valence-electron chi connectivity index (χ3n) is 3.73. The zero-order valence-electron chi connectivity index (χ0n) is 11.2. The molecule has 104 valence electrons. The van der Waals surface area contributed by atoms with Gasteiger partial charge in [-0.15, -0.1) is 0 Å². The average Bonchev–Trinajstić information content (AvgIpc) is 2.49. The van der Waals surface area contributed by atoms with Crippen molar-refractivity contribution in [1.29, 1.82) is 0 Å². The molecule has 0 radical (unpaired) electrons. The van der Waals surface area contributed by atoms with Crippen LogP contribution in [-0.4, -0.2) is 5.11 Å². The Labute approximate surface area is 117 Å². The van der Waals surface area contributed by atoms with Gasteiger partial charge < -0.3 is 9.84 Å². The lowest BCUT2D eigenvalue weighted by Crippen LogP contribution is -2.02. The Morgan fingerprint density at radius 2 is 1.80 bits per heavy atom. The van der Waals surface area contributed by atoms with Crippen molar-refractivity contribution in [2.75, 3.05) is 0 Å². The Morgan fingerprint density at radius 3 is 2.55 bits per heavy atom. The van der Waals surface area contributed by atoms with Crippen LogP contribution < -0.4 is 4.74 Å². The van der Waals surface area contributed by atoms with Crippen LogP contribution >= 0.6 is 0 Å². The first-order valence-corrected chi connectivity index (χ1v) is 6.95. The average molecular weight is 272 g/mol. The van der Waals surface area contributed by atoms with Gasteiger partial charge in [-0.3, -0.25) is 0 Å². The van der Waals surface area contributed by atoms with E-state index in [-0.39, 0.29) is 12.4 Å². The van der Waals surface area contributed by atoms with Crippen LogP contribution in [0.4, 0.5) is 4.39 Å². The second-order valence-corrected chi connectivity index (χ2v) is 5.16. The second-order valence-electron chi connectivity index (χ2n) is 5.16. The Bertz CT molecular complexity index is 622. The lowest BCUT2D eigenvalue weighted by Gasteiger charge is -2.17. The van der Waals surface area contributed by atoms with Gasteiger partial charge in [0.1, 0.15) is 5.75 Å². The highest BCUT2D eigenvalue weighted by Gasteiger charge is 2.11. The molecule has 0 spiro atoms. The first kappa shape index (κ1) is 13.1. The molecule has 20 heavy (non-hydrogen) atoms. The van der Waals surface area contributed by atoms with Crippen LogP contribution in [-0.2, 0) is 19.4 Å². The van der Waals surface area contributed by atoms with Crippen LogP contribution in [0.25, 0.3) is 0 Å². The van der Waals surface area contributed by atoms with E-state index in [0.29, 0.717) is 11.3 Å². The van der Waals surface area contributed by atoms with Crippen LogP contribution in [0.5, 0.6) is 11.5 Å². The number of hydrogen-bond donors (Lipinski definition) is 1. The zero-order valence-corrected chi connectivity index (χ0v) is 11.2. The monoisotopic (exact) mass is 272 g/mol. The van der Waals surface area contributed by atoms with Crippen LogP contribution in [0.15, 0.2) is 36.4 Å². The first-order chi connectivity index (χ1) is 9.76. The van der Waals surface area contributed by atoms with Gasteiger partial charge in [0.25, 0.3) is 0 Å². The van der Waals surface area contributed by atoms with Crippen LogP contribution in [0.3, 0.4) is 0 Å². The smallest absolute Gasteiger partial charge is 0.166 e. The van der Waals surface area contributed by atoms with Crippen molar-refractivity contribution in [3.05, 3.63) is 58.9 Å². The van der Waals surface area contributed by atoms with Gasteiger partial charge in [0.2, 0.25) is 0 Å². The number of hydrogen-bond acceptors (Lipinski definition) is 2. The summed E-state index contributed by atoms with van der Waals surface area (Å²) >= 11 is 0. The van der Waals surface area contributed by atoms with Crippen molar-refractivity contribution >= 4 is 0 Å². The molecule has 2 aromatic carbocycles. The van der Waals surface area contributed by atoms with Gasteiger partial charge in [-0.25, -0.2) is 4.39 Å². The summed E-state index contributed by atoms with van der Waals surface area (Å²) in [6.07, 6.45) is 4.63. The number of aliphatic hydroxyl groups is 1. The standard InChI is InChI=1S/C17H17FO2/c18-16-9-12(11-19)5-8-17(16)20-15-7-6-13-3-1-2-4-14(13)10-15/h5-10,19H,1-4,11H2. The molecule has 0 amide bonds. The topological polar surface area (TPSA) is 29.5 Å². The van der Waals surface area contributed by atoms with Gasteiger partial charge in [-0.05, 0) is 66.6 Å².